The Balaban J connectivity index is 4.95. The number of amides is 1. The first-order valence-corrected chi connectivity index (χ1v) is 19.6. The number of carbonyl (C=O) groups excluding carboxylic acids is 1. The standard InChI is InChI=1S/C19H45NO3Si3/c1-11-18(5)22-25(9,10)17-15-16-20(24(6,7)8)19(21)23-26(12-2,13-3)14-4/h18H,11-17H2,1-10H3. The van der Waals surface area contributed by atoms with Crippen molar-refractivity contribution in [3.8, 4) is 0 Å². The van der Waals surface area contributed by atoms with E-state index in [1.807, 2.05) is 0 Å². The van der Waals surface area contributed by atoms with E-state index in [9.17, 15) is 4.79 Å². The zero-order chi connectivity index (χ0) is 20.6. The van der Waals surface area contributed by atoms with E-state index in [-0.39, 0.29) is 6.09 Å². The third-order valence-electron chi connectivity index (χ3n) is 5.52. The Morgan fingerprint density at radius 2 is 1.46 bits per heavy atom. The average molecular weight is 420 g/mol. The van der Waals surface area contributed by atoms with Gasteiger partial charge in [-0.2, -0.15) is 0 Å². The van der Waals surface area contributed by atoms with Crippen LogP contribution in [0, 0.1) is 0 Å². The maximum Gasteiger partial charge on any atom is 0.388 e. The Morgan fingerprint density at radius 1 is 0.962 bits per heavy atom. The Labute approximate surface area is 166 Å². The fourth-order valence-corrected chi connectivity index (χ4v) is 9.57. The summed E-state index contributed by atoms with van der Waals surface area (Å²) in [5.41, 5.74) is 0. The minimum atomic E-state index is -1.91. The van der Waals surface area contributed by atoms with Crippen molar-refractivity contribution in [2.24, 2.45) is 0 Å². The van der Waals surface area contributed by atoms with Gasteiger partial charge in [0.15, 0.2) is 16.6 Å². The second-order valence-electron chi connectivity index (χ2n) is 9.13. The summed E-state index contributed by atoms with van der Waals surface area (Å²) in [6.07, 6.45) is 2.35. The topological polar surface area (TPSA) is 38.8 Å². The van der Waals surface area contributed by atoms with Crippen molar-refractivity contribution in [1.29, 1.82) is 0 Å². The van der Waals surface area contributed by atoms with Crippen LogP contribution in [0.4, 0.5) is 4.79 Å². The lowest BCUT2D eigenvalue weighted by Crippen LogP contribution is -2.54. The normalized spacial score (nSPS) is 14.2. The van der Waals surface area contributed by atoms with E-state index in [1.165, 1.54) is 0 Å². The molecule has 0 aliphatic carbocycles. The van der Waals surface area contributed by atoms with Gasteiger partial charge in [-0.25, -0.2) is 4.79 Å². The summed E-state index contributed by atoms with van der Waals surface area (Å²) >= 11 is 0. The highest BCUT2D eigenvalue weighted by atomic mass is 28.4. The first-order chi connectivity index (χ1) is 11.9. The molecule has 156 valence electrons. The highest BCUT2D eigenvalue weighted by Gasteiger charge is 2.38. The largest absolute Gasteiger partial charge is 0.504 e. The van der Waals surface area contributed by atoms with Gasteiger partial charge in [0.25, 0.3) is 8.32 Å². The molecule has 0 aliphatic rings. The minimum Gasteiger partial charge on any atom is -0.504 e. The van der Waals surface area contributed by atoms with Crippen LogP contribution >= 0.6 is 0 Å². The predicted molar refractivity (Wildman–Crippen MR) is 121 cm³/mol. The fraction of sp³-hybridized carbons (Fsp3) is 0.947. The molecule has 0 saturated carbocycles. The van der Waals surface area contributed by atoms with Gasteiger partial charge in [0, 0.05) is 12.6 Å². The third kappa shape index (κ3) is 8.71. The van der Waals surface area contributed by atoms with Crippen LogP contribution in [0.3, 0.4) is 0 Å². The van der Waals surface area contributed by atoms with E-state index in [1.54, 1.807) is 0 Å². The lowest BCUT2D eigenvalue weighted by atomic mass is 10.3. The number of rotatable bonds is 12. The maximum absolute atomic E-state index is 13.0. The summed E-state index contributed by atoms with van der Waals surface area (Å²) in [5.74, 6) is 0. The summed E-state index contributed by atoms with van der Waals surface area (Å²) in [4.78, 5) is 13.0. The van der Waals surface area contributed by atoms with Gasteiger partial charge in [0.05, 0.1) is 0 Å². The summed E-state index contributed by atoms with van der Waals surface area (Å²) in [5, 5.41) is 0. The van der Waals surface area contributed by atoms with Crippen LogP contribution in [0.2, 0.25) is 56.9 Å². The quantitative estimate of drug-likeness (QED) is 0.331. The Morgan fingerprint density at radius 3 is 1.85 bits per heavy atom. The SMILES string of the molecule is CCC(C)O[Si](C)(C)CCCN(C(=O)O[Si](CC)(CC)CC)[Si](C)(C)C. The molecule has 0 aliphatic heterocycles. The van der Waals surface area contributed by atoms with E-state index in [2.05, 4.69) is 71.9 Å². The van der Waals surface area contributed by atoms with Gasteiger partial charge < -0.3 is 13.4 Å². The molecule has 0 aromatic heterocycles. The summed E-state index contributed by atoms with van der Waals surface area (Å²) in [7, 11) is -5.35. The van der Waals surface area contributed by atoms with E-state index < -0.39 is 24.9 Å². The van der Waals surface area contributed by atoms with Crippen molar-refractivity contribution in [3.63, 3.8) is 0 Å². The second-order valence-corrected chi connectivity index (χ2v) is 23.0. The summed E-state index contributed by atoms with van der Waals surface area (Å²) in [6, 6.07) is 4.11. The van der Waals surface area contributed by atoms with Crippen LogP contribution in [0.25, 0.3) is 0 Å². The van der Waals surface area contributed by atoms with Crippen LogP contribution in [-0.2, 0) is 8.85 Å². The van der Waals surface area contributed by atoms with E-state index in [0.29, 0.717) is 6.10 Å². The van der Waals surface area contributed by atoms with Crippen LogP contribution < -0.4 is 0 Å². The molecular formula is C19H45NO3Si3. The van der Waals surface area contributed by atoms with Crippen molar-refractivity contribution >= 4 is 31.0 Å². The van der Waals surface area contributed by atoms with Crippen LogP contribution in [0.15, 0.2) is 0 Å². The second kappa shape index (κ2) is 11.0. The van der Waals surface area contributed by atoms with Crippen molar-refractivity contribution < 1.29 is 13.6 Å². The minimum absolute atomic E-state index is 0.0521. The molecule has 0 aromatic carbocycles. The maximum atomic E-state index is 13.0. The molecule has 26 heavy (non-hydrogen) atoms. The molecular weight excluding hydrogens is 374 g/mol. The van der Waals surface area contributed by atoms with Crippen LogP contribution in [0.1, 0.15) is 47.5 Å². The van der Waals surface area contributed by atoms with Crippen molar-refractivity contribution in [2.45, 2.75) is 110 Å². The lowest BCUT2D eigenvalue weighted by Gasteiger charge is -2.38. The van der Waals surface area contributed by atoms with E-state index >= 15 is 0 Å². The van der Waals surface area contributed by atoms with Crippen LogP contribution in [0.5, 0.6) is 0 Å². The van der Waals surface area contributed by atoms with Gasteiger partial charge >= 0.3 is 6.09 Å². The molecule has 0 saturated heterocycles. The van der Waals surface area contributed by atoms with Crippen molar-refractivity contribution in [3.05, 3.63) is 0 Å². The molecule has 0 heterocycles. The zero-order valence-electron chi connectivity index (χ0n) is 19.2. The van der Waals surface area contributed by atoms with Gasteiger partial charge in [-0.3, -0.25) is 0 Å². The van der Waals surface area contributed by atoms with Gasteiger partial charge in [-0.05, 0) is 57.0 Å². The first kappa shape index (κ1) is 25.9. The van der Waals surface area contributed by atoms with E-state index in [4.69, 9.17) is 8.85 Å². The molecule has 0 N–H and O–H groups in total. The fourth-order valence-electron chi connectivity index (χ4n) is 3.26. The molecule has 0 aromatic rings. The Bertz CT molecular complexity index is 412. The third-order valence-corrected chi connectivity index (χ3v) is 14.6. The van der Waals surface area contributed by atoms with Gasteiger partial charge in [0.1, 0.15) is 0 Å². The number of hydrogen-bond acceptors (Lipinski definition) is 3. The molecule has 1 unspecified atom stereocenters. The molecule has 1 amide bonds. The van der Waals surface area contributed by atoms with Gasteiger partial charge in [-0.15, -0.1) is 0 Å². The van der Waals surface area contributed by atoms with Gasteiger partial charge in [0.2, 0.25) is 0 Å². The molecule has 0 radical (unpaired) electrons. The zero-order valence-corrected chi connectivity index (χ0v) is 22.2. The number of nitrogens with zero attached hydrogens (tertiary/aromatic N) is 1. The highest BCUT2D eigenvalue weighted by molar-refractivity contribution is 6.77. The molecule has 0 spiro atoms. The Kier molecular flexibility index (Phi) is 11.0. The smallest absolute Gasteiger partial charge is 0.388 e. The predicted octanol–water partition coefficient (Wildman–Crippen LogP) is 6.68. The van der Waals surface area contributed by atoms with Crippen LogP contribution in [-0.4, -0.2) is 48.2 Å². The molecule has 0 bridgehead atoms. The number of carbonyl (C=O) groups is 1. The molecule has 7 heteroatoms. The lowest BCUT2D eigenvalue weighted by molar-refractivity contribution is 0.172. The molecule has 0 rings (SSSR count). The number of hydrogen-bond donors (Lipinski definition) is 0. The summed E-state index contributed by atoms with van der Waals surface area (Å²) < 4.78 is 14.5. The molecule has 0 fully saturated rings. The Hall–Kier alpha value is -0.119. The highest BCUT2D eigenvalue weighted by Crippen LogP contribution is 2.25. The molecule has 1 atom stereocenters. The van der Waals surface area contributed by atoms with Gasteiger partial charge in [-0.1, -0.05) is 47.3 Å². The average Bonchev–Trinajstić information content (AvgIpc) is 2.54. The molecule has 4 nitrogen and oxygen atoms in total. The first-order valence-electron chi connectivity index (χ1n) is 10.5. The van der Waals surface area contributed by atoms with Crippen molar-refractivity contribution in [1.82, 2.24) is 4.57 Å². The summed E-state index contributed by atoms with van der Waals surface area (Å²) in [6.45, 7) is 22.9. The monoisotopic (exact) mass is 419 g/mol. The van der Waals surface area contributed by atoms with E-state index in [0.717, 1.165) is 43.6 Å². The van der Waals surface area contributed by atoms with Crippen molar-refractivity contribution in [2.75, 3.05) is 6.54 Å².